The van der Waals surface area contributed by atoms with Gasteiger partial charge in [-0.2, -0.15) is 0 Å². The van der Waals surface area contributed by atoms with Gasteiger partial charge in [0.05, 0.1) is 5.52 Å². The molecule has 0 spiro atoms. The van der Waals surface area contributed by atoms with Crippen LogP contribution in [0.2, 0.25) is 0 Å². The molecule has 1 aliphatic rings. The maximum absolute atomic E-state index is 12.5. The minimum Gasteiger partial charge on any atom is -0.381 e. The molecule has 2 amide bonds. The second-order valence-corrected chi connectivity index (χ2v) is 6.11. The van der Waals surface area contributed by atoms with Gasteiger partial charge in [-0.1, -0.05) is 6.07 Å². The lowest BCUT2D eigenvalue weighted by atomic mass is 9.90. The van der Waals surface area contributed by atoms with E-state index in [1.165, 1.54) is 0 Å². The fraction of sp³-hybridized carbons (Fsp3) is 0.412. The summed E-state index contributed by atoms with van der Waals surface area (Å²) in [5.74, 6) is -0.278. The number of ether oxygens (including phenoxy) is 1. The predicted molar refractivity (Wildman–Crippen MR) is 98.9 cm³/mol. The number of anilines is 1. The Morgan fingerprint density at radius 1 is 1.28 bits per heavy atom. The topological polar surface area (TPSA) is 98.4 Å². The number of nitrogens with zero attached hydrogens (tertiary/aromatic N) is 1. The van der Waals surface area contributed by atoms with Crippen molar-refractivity contribution in [3.8, 4) is 0 Å². The highest BCUT2D eigenvalue weighted by atomic mass is 35.5. The Kier molecular flexibility index (Phi) is 6.05. The van der Waals surface area contributed by atoms with Crippen LogP contribution >= 0.6 is 12.4 Å². The van der Waals surface area contributed by atoms with Crippen molar-refractivity contribution >= 4 is 40.8 Å². The number of carbonyl (C=O) groups excluding carboxylic acids is 2. The number of benzene rings is 1. The number of nitrogens with one attached hydrogen (secondary N) is 2. The Hall–Kier alpha value is -2.09. The zero-order chi connectivity index (χ0) is 17.2. The molecule has 0 atom stereocenters. The van der Waals surface area contributed by atoms with Crippen molar-refractivity contribution in [1.82, 2.24) is 9.88 Å². The monoisotopic (exact) mass is 366 g/mol. The van der Waals surface area contributed by atoms with E-state index in [0.717, 1.165) is 10.9 Å². The van der Waals surface area contributed by atoms with E-state index in [1.54, 1.807) is 7.05 Å². The smallest absolute Gasteiger partial charge is 0.244 e. The number of hydrogen-bond acceptors (Lipinski definition) is 4. The molecule has 136 valence electrons. The lowest BCUT2D eigenvalue weighted by Gasteiger charge is -2.31. The van der Waals surface area contributed by atoms with E-state index in [0.29, 0.717) is 31.7 Å². The van der Waals surface area contributed by atoms with Crippen LogP contribution in [0.15, 0.2) is 30.5 Å². The third-order valence-corrected chi connectivity index (χ3v) is 4.46. The number of hydrogen-bond donors (Lipinski definition) is 3. The number of carbonyl (C=O) groups is 2. The van der Waals surface area contributed by atoms with Crippen LogP contribution in [0.25, 0.3) is 10.9 Å². The quantitative estimate of drug-likeness (QED) is 0.758. The largest absolute Gasteiger partial charge is 0.381 e. The van der Waals surface area contributed by atoms with Gasteiger partial charge < -0.3 is 25.7 Å². The first-order valence-corrected chi connectivity index (χ1v) is 7.99. The van der Waals surface area contributed by atoms with Crippen LogP contribution in [0.1, 0.15) is 12.8 Å². The third kappa shape index (κ3) is 4.12. The molecule has 0 radical (unpaired) electrons. The van der Waals surface area contributed by atoms with Gasteiger partial charge in [0.15, 0.2) is 0 Å². The minimum atomic E-state index is -0.892. The van der Waals surface area contributed by atoms with Crippen LogP contribution in [-0.2, 0) is 20.9 Å². The second kappa shape index (κ2) is 7.86. The standard InChI is InChI=1S/C17H22N4O3.ClH/c1-19-15(22)11-21-7-4-12-2-3-13(10-14(12)21)20-16(23)17(18)5-8-24-9-6-17;/h2-4,7,10H,5-6,8-9,11,18H2,1H3,(H,19,22)(H,20,23);1H. The van der Waals surface area contributed by atoms with Gasteiger partial charge in [0.1, 0.15) is 12.1 Å². The van der Waals surface area contributed by atoms with E-state index in [-0.39, 0.29) is 30.8 Å². The molecule has 0 bridgehead atoms. The summed E-state index contributed by atoms with van der Waals surface area (Å²) in [6, 6.07) is 7.55. The first kappa shape index (κ1) is 19.2. The van der Waals surface area contributed by atoms with E-state index in [1.807, 2.05) is 35.0 Å². The zero-order valence-corrected chi connectivity index (χ0v) is 14.9. The highest BCUT2D eigenvalue weighted by Crippen LogP contribution is 2.23. The van der Waals surface area contributed by atoms with Crippen molar-refractivity contribution in [3.05, 3.63) is 30.5 Å². The molecule has 8 heteroatoms. The molecule has 4 N–H and O–H groups in total. The van der Waals surface area contributed by atoms with E-state index in [9.17, 15) is 9.59 Å². The molecule has 1 aromatic carbocycles. The summed E-state index contributed by atoms with van der Waals surface area (Å²) in [4.78, 5) is 24.1. The maximum atomic E-state index is 12.5. The Bertz CT molecular complexity index is 768. The molecule has 0 aliphatic carbocycles. The van der Waals surface area contributed by atoms with Gasteiger partial charge in [-0.3, -0.25) is 9.59 Å². The van der Waals surface area contributed by atoms with Crippen molar-refractivity contribution in [2.45, 2.75) is 24.9 Å². The molecule has 3 rings (SSSR count). The summed E-state index contributed by atoms with van der Waals surface area (Å²) in [5, 5.41) is 6.51. The Labute approximate surface area is 152 Å². The number of amides is 2. The average Bonchev–Trinajstić information content (AvgIpc) is 2.97. The predicted octanol–water partition coefficient (Wildman–Crippen LogP) is 1.26. The SMILES string of the molecule is CNC(=O)Cn1ccc2ccc(NC(=O)C3(N)CCOCC3)cc21.Cl. The van der Waals surface area contributed by atoms with E-state index in [2.05, 4.69) is 10.6 Å². The average molecular weight is 367 g/mol. The molecule has 1 saturated heterocycles. The summed E-state index contributed by atoms with van der Waals surface area (Å²) in [6.07, 6.45) is 2.87. The lowest BCUT2D eigenvalue weighted by Crippen LogP contribution is -2.54. The van der Waals surface area contributed by atoms with Gasteiger partial charge in [0, 0.05) is 32.1 Å². The van der Waals surface area contributed by atoms with Gasteiger partial charge in [0.2, 0.25) is 11.8 Å². The highest BCUT2D eigenvalue weighted by molar-refractivity contribution is 5.99. The number of aromatic nitrogens is 1. The van der Waals surface area contributed by atoms with Crippen LogP contribution in [0.4, 0.5) is 5.69 Å². The van der Waals surface area contributed by atoms with Crippen LogP contribution in [0, 0.1) is 0 Å². The number of nitrogens with two attached hydrogens (primary N) is 1. The van der Waals surface area contributed by atoms with Crippen LogP contribution < -0.4 is 16.4 Å². The first-order chi connectivity index (χ1) is 11.5. The van der Waals surface area contributed by atoms with Crippen molar-refractivity contribution in [2.24, 2.45) is 5.73 Å². The van der Waals surface area contributed by atoms with Crippen molar-refractivity contribution in [3.63, 3.8) is 0 Å². The fourth-order valence-electron chi connectivity index (χ4n) is 2.85. The van der Waals surface area contributed by atoms with Gasteiger partial charge >= 0.3 is 0 Å². The van der Waals surface area contributed by atoms with E-state index < -0.39 is 5.54 Å². The van der Waals surface area contributed by atoms with Gasteiger partial charge in [-0.25, -0.2) is 0 Å². The van der Waals surface area contributed by atoms with E-state index >= 15 is 0 Å². The Balaban J connectivity index is 0.00000225. The van der Waals surface area contributed by atoms with E-state index in [4.69, 9.17) is 10.5 Å². The normalized spacial score (nSPS) is 16.1. The summed E-state index contributed by atoms with van der Waals surface area (Å²) in [7, 11) is 1.61. The molecule has 25 heavy (non-hydrogen) atoms. The van der Waals surface area contributed by atoms with Gasteiger partial charge in [-0.05, 0) is 36.4 Å². The minimum absolute atomic E-state index is 0. The molecule has 0 saturated carbocycles. The molecule has 0 unspecified atom stereocenters. The number of rotatable bonds is 4. The fourth-order valence-corrected chi connectivity index (χ4v) is 2.85. The number of halogens is 1. The van der Waals surface area contributed by atoms with Crippen LogP contribution in [0.5, 0.6) is 0 Å². The van der Waals surface area contributed by atoms with Crippen LogP contribution in [-0.4, -0.2) is 42.2 Å². The molecule has 1 aliphatic heterocycles. The molecule has 7 nitrogen and oxygen atoms in total. The summed E-state index contributed by atoms with van der Waals surface area (Å²) >= 11 is 0. The molecule has 1 aromatic heterocycles. The zero-order valence-electron chi connectivity index (χ0n) is 14.1. The maximum Gasteiger partial charge on any atom is 0.244 e. The third-order valence-electron chi connectivity index (χ3n) is 4.46. The number of fused-ring (bicyclic) bond motifs is 1. The van der Waals surface area contributed by atoms with Gasteiger partial charge in [-0.15, -0.1) is 12.4 Å². The molecule has 2 heterocycles. The lowest BCUT2D eigenvalue weighted by molar-refractivity contribution is -0.124. The summed E-state index contributed by atoms with van der Waals surface area (Å²) < 4.78 is 7.12. The highest BCUT2D eigenvalue weighted by Gasteiger charge is 2.35. The van der Waals surface area contributed by atoms with Crippen molar-refractivity contribution < 1.29 is 14.3 Å². The Morgan fingerprint density at radius 3 is 2.68 bits per heavy atom. The summed E-state index contributed by atoms with van der Waals surface area (Å²) in [6.45, 7) is 1.23. The molecule has 2 aromatic rings. The van der Waals surface area contributed by atoms with Crippen LogP contribution in [0.3, 0.4) is 0 Å². The number of likely N-dealkylation sites (N-methyl/N-ethyl adjacent to an activating group) is 1. The second-order valence-electron chi connectivity index (χ2n) is 6.11. The molecule has 1 fully saturated rings. The summed E-state index contributed by atoms with van der Waals surface area (Å²) in [5.41, 5.74) is 6.87. The molecular formula is C17H23ClN4O3. The molecular weight excluding hydrogens is 344 g/mol. The Morgan fingerprint density at radius 2 is 2.00 bits per heavy atom. The van der Waals surface area contributed by atoms with Crippen molar-refractivity contribution in [2.75, 3.05) is 25.6 Å². The van der Waals surface area contributed by atoms with Crippen molar-refractivity contribution in [1.29, 1.82) is 0 Å². The first-order valence-electron chi connectivity index (χ1n) is 7.99. The van der Waals surface area contributed by atoms with Gasteiger partial charge in [0.25, 0.3) is 0 Å².